The molecular formula is C14H26N2O. The van der Waals surface area contributed by atoms with Crippen molar-refractivity contribution in [1.29, 1.82) is 0 Å². The van der Waals surface area contributed by atoms with Gasteiger partial charge in [0.05, 0.1) is 0 Å². The molecule has 0 aromatic rings. The third kappa shape index (κ3) is 5.24. The maximum atomic E-state index is 11.7. The molecule has 3 heteroatoms. The van der Waals surface area contributed by atoms with Gasteiger partial charge in [-0.15, -0.1) is 0 Å². The molecule has 0 aliphatic heterocycles. The Morgan fingerprint density at radius 1 is 1.41 bits per heavy atom. The number of allylic oxidation sites excluding steroid dienone is 2. The zero-order valence-corrected chi connectivity index (χ0v) is 11.3. The summed E-state index contributed by atoms with van der Waals surface area (Å²) >= 11 is 0. The Bertz CT molecular complexity index is 261. The van der Waals surface area contributed by atoms with Crippen LogP contribution < -0.4 is 10.6 Å². The summed E-state index contributed by atoms with van der Waals surface area (Å²) in [5.74, 6) is 1.10. The van der Waals surface area contributed by atoms with Gasteiger partial charge in [-0.2, -0.15) is 0 Å². The maximum Gasteiger partial charge on any atom is 0.315 e. The molecule has 0 radical (unpaired) electrons. The number of hydrogen-bond donors (Lipinski definition) is 2. The first-order valence-corrected chi connectivity index (χ1v) is 6.82. The quantitative estimate of drug-likeness (QED) is 0.710. The highest BCUT2D eigenvalue weighted by molar-refractivity contribution is 5.74. The van der Waals surface area contributed by atoms with E-state index in [0.29, 0.717) is 11.8 Å². The van der Waals surface area contributed by atoms with Crippen molar-refractivity contribution >= 4 is 6.03 Å². The van der Waals surface area contributed by atoms with Crippen LogP contribution in [-0.2, 0) is 0 Å². The number of nitrogens with one attached hydrogen (secondary N) is 2. The zero-order valence-electron chi connectivity index (χ0n) is 11.3. The van der Waals surface area contributed by atoms with Crippen LogP contribution in [0.2, 0.25) is 0 Å². The molecule has 0 saturated heterocycles. The summed E-state index contributed by atoms with van der Waals surface area (Å²) < 4.78 is 0. The monoisotopic (exact) mass is 238 g/mol. The van der Waals surface area contributed by atoms with Gasteiger partial charge in [-0.1, -0.05) is 32.9 Å². The van der Waals surface area contributed by atoms with Crippen LogP contribution >= 0.6 is 0 Å². The molecule has 1 rings (SSSR count). The predicted molar refractivity (Wildman–Crippen MR) is 71.9 cm³/mol. The highest BCUT2D eigenvalue weighted by Gasteiger charge is 2.15. The molecular weight excluding hydrogens is 212 g/mol. The molecule has 0 saturated carbocycles. The predicted octanol–water partition coefficient (Wildman–Crippen LogP) is 3.08. The summed E-state index contributed by atoms with van der Waals surface area (Å²) in [6.45, 7) is 7.18. The minimum Gasteiger partial charge on any atom is -0.338 e. The van der Waals surface area contributed by atoms with Crippen molar-refractivity contribution in [3.8, 4) is 0 Å². The molecule has 2 N–H and O–H groups in total. The van der Waals surface area contributed by atoms with Gasteiger partial charge < -0.3 is 10.6 Å². The number of amides is 2. The van der Waals surface area contributed by atoms with Crippen LogP contribution in [0.15, 0.2) is 12.2 Å². The van der Waals surface area contributed by atoms with E-state index in [1.165, 1.54) is 6.42 Å². The normalized spacial score (nSPS) is 21.3. The Morgan fingerprint density at radius 3 is 2.71 bits per heavy atom. The average molecular weight is 238 g/mol. The highest BCUT2D eigenvalue weighted by atomic mass is 16.2. The molecule has 0 heterocycles. The van der Waals surface area contributed by atoms with E-state index >= 15 is 0 Å². The zero-order chi connectivity index (χ0) is 12.7. The first-order valence-electron chi connectivity index (χ1n) is 6.82. The Hall–Kier alpha value is -0.990. The Kier molecular flexibility index (Phi) is 6.09. The summed E-state index contributed by atoms with van der Waals surface area (Å²) in [5.41, 5.74) is 0. The molecule has 0 aromatic heterocycles. The fourth-order valence-electron chi connectivity index (χ4n) is 2.24. The fraction of sp³-hybridized carbons (Fsp3) is 0.786. The van der Waals surface area contributed by atoms with Gasteiger partial charge in [0, 0.05) is 12.6 Å². The van der Waals surface area contributed by atoms with Crippen molar-refractivity contribution in [1.82, 2.24) is 10.6 Å². The van der Waals surface area contributed by atoms with Crippen LogP contribution in [0.1, 0.15) is 46.5 Å². The molecule has 0 aromatic carbocycles. The van der Waals surface area contributed by atoms with Gasteiger partial charge in [0.1, 0.15) is 0 Å². The lowest BCUT2D eigenvalue weighted by molar-refractivity contribution is 0.229. The van der Waals surface area contributed by atoms with E-state index in [2.05, 4.69) is 43.6 Å². The number of hydrogen-bond acceptors (Lipinski definition) is 1. The molecule has 0 bridgehead atoms. The highest BCUT2D eigenvalue weighted by Crippen LogP contribution is 2.16. The topological polar surface area (TPSA) is 41.1 Å². The molecule has 2 amide bonds. The van der Waals surface area contributed by atoms with E-state index in [-0.39, 0.29) is 12.1 Å². The third-order valence-electron chi connectivity index (χ3n) is 3.49. The summed E-state index contributed by atoms with van der Waals surface area (Å²) in [6.07, 6.45) is 8.87. The second-order valence-electron chi connectivity index (χ2n) is 5.26. The first kappa shape index (κ1) is 14.1. The number of urea groups is 1. The molecule has 2 unspecified atom stereocenters. The van der Waals surface area contributed by atoms with Gasteiger partial charge in [0.15, 0.2) is 0 Å². The second kappa shape index (κ2) is 7.36. The van der Waals surface area contributed by atoms with E-state index in [4.69, 9.17) is 0 Å². The fourth-order valence-corrected chi connectivity index (χ4v) is 2.24. The van der Waals surface area contributed by atoms with E-state index in [9.17, 15) is 4.79 Å². The SMILES string of the molecule is CCC(NC(=O)NCC1CC=CCC1)C(C)C. The van der Waals surface area contributed by atoms with Gasteiger partial charge in [-0.25, -0.2) is 4.79 Å². The summed E-state index contributed by atoms with van der Waals surface area (Å²) in [6, 6.07) is 0.265. The van der Waals surface area contributed by atoms with Crippen molar-refractivity contribution in [2.24, 2.45) is 11.8 Å². The number of carbonyl (C=O) groups is 1. The standard InChI is InChI=1S/C14H26N2O/c1-4-13(11(2)3)16-14(17)15-10-12-8-6-5-7-9-12/h5-6,11-13H,4,7-10H2,1-3H3,(H2,15,16,17). The van der Waals surface area contributed by atoms with Crippen LogP contribution in [0.4, 0.5) is 4.79 Å². The van der Waals surface area contributed by atoms with E-state index in [1.54, 1.807) is 0 Å². The van der Waals surface area contributed by atoms with Gasteiger partial charge in [0.25, 0.3) is 0 Å². The maximum absolute atomic E-state index is 11.7. The van der Waals surface area contributed by atoms with Crippen LogP contribution in [-0.4, -0.2) is 18.6 Å². The summed E-state index contributed by atoms with van der Waals surface area (Å²) in [7, 11) is 0. The number of rotatable bonds is 5. The molecule has 1 aliphatic rings. The lowest BCUT2D eigenvalue weighted by atomic mass is 9.94. The van der Waals surface area contributed by atoms with Gasteiger partial charge in [0.2, 0.25) is 0 Å². The van der Waals surface area contributed by atoms with Crippen LogP contribution in [0.5, 0.6) is 0 Å². The molecule has 1 aliphatic carbocycles. The largest absolute Gasteiger partial charge is 0.338 e. The lowest BCUT2D eigenvalue weighted by Crippen LogP contribution is -2.45. The van der Waals surface area contributed by atoms with Crippen molar-refractivity contribution in [3.63, 3.8) is 0 Å². The molecule has 98 valence electrons. The van der Waals surface area contributed by atoms with Gasteiger partial charge in [-0.3, -0.25) is 0 Å². The van der Waals surface area contributed by atoms with Gasteiger partial charge in [-0.05, 0) is 37.5 Å². The van der Waals surface area contributed by atoms with Gasteiger partial charge >= 0.3 is 6.03 Å². The van der Waals surface area contributed by atoms with E-state index < -0.39 is 0 Å². The lowest BCUT2D eigenvalue weighted by Gasteiger charge is -2.23. The smallest absolute Gasteiger partial charge is 0.315 e. The average Bonchev–Trinajstić information content (AvgIpc) is 2.34. The molecule has 3 nitrogen and oxygen atoms in total. The molecule has 2 atom stereocenters. The third-order valence-corrected chi connectivity index (χ3v) is 3.49. The number of carbonyl (C=O) groups excluding carboxylic acids is 1. The van der Waals surface area contributed by atoms with E-state index in [1.807, 2.05) is 0 Å². The Balaban J connectivity index is 2.22. The molecule has 17 heavy (non-hydrogen) atoms. The summed E-state index contributed by atoms with van der Waals surface area (Å²) in [5, 5.41) is 6.03. The first-order chi connectivity index (χ1) is 8.13. The minimum atomic E-state index is -0.0138. The molecule has 0 fully saturated rings. The Labute approximate surface area is 105 Å². The Morgan fingerprint density at radius 2 is 2.18 bits per heavy atom. The van der Waals surface area contributed by atoms with Crippen molar-refractivity contribution in [3.05, 3.63) is 12.2 Å². The van der Waals surface area contributed by atoms with Crippen molar-refractivity contribution < 1.29 is 4.79 Å². The summed E-state index contributed by atoms with van der Waals surface area (Å²) in [4.78, 5) is 11.7. The molecule has 0 spiro atoms. The van der Waals surface area contributed by atoms with E-state index in [0.717, 1.165) is 25.8 Å². The van der Waals surface area contributed by atoms with Crippen LogP contribution in [0.3, 0.4) is 0 Å². The van der Waals surface area contributed by atoms with Crippen LogP contribution in [0, 0.1) is 11.8 Å². The van der Waals surface area contributed by atoms with Crippen LogP contribution in [0.25, 0.3) is 0 Å². The minimum absolute atomic E-state index is 0.0138. The second-order valence-corrected chi connectivity index (χ2v) is 5.26. The van der Waals surface area contributed by atoms with Crippen molar-refractivity contribution in [2.75, 3.05) is 6.54 Å². The van der Waals surface area contributed by atoms with Crippen molar-refractivity contribution in [2.45, 2.75) is 52.5 Å².